The van der Waals surface area contributed by atoms with Crippen LogP contribution in [0.3, 0.4) is 0 Å². The fraction of sp³-hybridized carbons (Fsp3) is 0.625. The third-order valence-electron chi connectivity index (χ3n) is 3.84. The zero-order chi connectivity index (χ0) is 18.2. The molecule has 1 aromatic heterocycles. The molecule has 0 unspecified atom stereocenters. The number of rotatable bonds is 6. The van der Waals surface area contributed by atoms with Gasteiger partial charge in [-0.3, -0.25) is 4.79 Å². The molecule has 1 aliphatic heterocycles. The fourth-order valence-electron chi connectivity index (χ4n) is 2.45. The highest BCUT2D eigenvalue weighted by molar-refractivity contribution is 5.93. The second-order valence-corrected chi connectivity index (χ2v) is 6.00. The van der Waals surface area contributed by atoms with Gasteiger partial charge in [0, 0.05) is 45.3 Å². The third kappa shape index (κ3) is 5.56. The molecule has 0 radical (unpaired) electrons. The molecule has 9 nitrogen and oxygen atoms in total. The monoisotopic (exact) mass is 350 g/mol. The molecule has 0 atom stereocenters. The van der Waals surface area contributed by atoms with Crippen molar-refractivity contribution in [3.05, 3.63) is 18.1 Å². The molecular weight excluding hydrogens is 324 g/mol. The van der Waals surface area contributed by atoms with E-state index in [0.717, 1.165) is 13.1 Å². The van der Waals surface area contributed by atoms with Gasteiger partial charge >= 0.3 is 6.09 Å². The normalized spacial score (nSPS) is 14.6. The van der Waals surface area contributed by atoms with Crippen LogP contribution in [0.25, 0.3) is 0 Å². The number of amides is 2. The Kier molecular flexibility index (Phi) is 6.93. The van der Waals surface area contributed by atoms with E-state index in [1.807, 2.05) is 14.1 Å². The lowest BCUT2D eigenvalue weighted by Gasteiger charge is -2.33. The van der Waals surface area contributed by atoms with E-state index in [-0.39, 0.29) is 12.0 Å². The SMILES string of the molecule is CCOC(=O)N1CCN(C(=O)c2cc(NCCN(C)C)ncn2)CC1. The number of hydrogen-bond donors (Lipinski definition) is 1. The number of carbonyl (C=O) groups excluding carboxylic acids is 2. The molecule has 1 aromatic rings. The molecule has 1 saturated heterocycles. The van der Waals surface area contributed by atoms with Crippen molar-refractivity contribution in [1.82, 2.24) is 24.7 Å². The summed E-state index contributed by atoms with van der Waals surface area (Å²) in [7, 11) is 3.99. The quantitative estimate of drug-likeness (QED) is 0.792. The van der Waals surface area contributed by atoms with Crippen molar-refractivity contribution < 1.29 is 14.3 Å². The molecule has 0 aliphatic carbocycles. The highest BCUT2D eigenvalue weighted by atomic mass is 16.6. The van der Waals surface area contributed by atoms with Crippen molar-refractivity contribution in [1.29, 1.82) is 0 Å². The van der Waals surface area contributed by atoms with Crippen LogP contribution in [0.2, 0.25) is 0 Å². The Morgan fingerprint density at radius 3 is 2.52 bits per heavy atom. The first kappa shape index (κ1) is 18.9. The summed E-state index contributed by atoms with van der Waals surface area (Å²) >= 11 is 0. The fourth-order valence-corrected chi connectivity index (χ4v) is 2.45. The van der Waals surface area contributed by atoms with Gasteiger partial charge in [0.25, 0.3) is 5.91 Å². The molecule has 2 heterocycles. The second-order valence-electron chi connectivity index (χ2n) is 6.00. The van der Waals surface area contributed by atoms with E-state index < -0.39 is 0 Å². The number of carbonyl (C=O) groups is 2. The zero-order valence-electron chi connectivity index (χ0n) is 15.1. The molecule has 1 aliphatic rings. The number of nitrogens with one attached hydrogen (secondary N) is 1. The summed E-state index contributed by atoms with van der Waals surface area (Å²) in [6, 6.07) is 1.66. The molecule has 2 rings (SSSR count). The Bertz CT molecular complexity index is 587. The molecule has 0 bridgehead atoms. The van der Waals surface area contributed by atoms with Crippen LogP contribution in [-0.4, -0.2) is 96.6 Å². The van der Waals surface area contributed by atoms with E-state index in [9.17, 15) is 9.59 Å². The lowest BCUT2D eigenvalue weighted by molar-refractivity contribution is 0.0566. The molecule has 0 spiro atoms. The standard InChI is InChI=1S/C16H26N6O3/c1-4-25-16(24)22-9-7-21(8-10-22)15(23)13-11-14(19-12-18-13)17-5-6-20(2)3/h11-12H,4-10H2,1-3H3,(H,17,18,19). The summed E-state index contributed by atoms with van der Waals surface area (Å²) in [5.74, 6) is 0.479. The summed E-state index contributed by atoms with van der Waals surface area (Å²) in [6.07, 6.45) is 1.06. The van der Waals surface area contributed by atoms with E-state index in [2.05, 4.69) is 20.2 Å². The number of anilines is 1. The summed E-state index contributed by atoms with van der Waals surface area (Å²) in [5, 5.41) is 3.18. The minimum atomic E-state index is -0.330. The second kappa shape index (κ2) is 9.16. The van der Waals surface area contributed by atoms with Crippen LogP contribution in [0.15, 0.2) is 12.4 Å². The summed E-state index contributed by atoms with van der Waals surface area (Å²) in [5.41, 5.74) is 0.354. The Labute approximate surface area is 148 Å². The number of piperazine rings is 1. The van der Waals surface area contributed by atoms with Crippen molar-refractivity contribution in [3.63, 3.8) is 0 Å². The van der Waals surface area contributed by atoms with E-state index in [0.29, 0.717) is 44.3 Å². The van der Waals surface area contributed by atoms with Gasteiger partial charge in [0.15, 0.2) is 0 Å². The minimum Gasteiger partial charge on any atom is -0.450 e. The molecule has 1 N–H and O–H groups in total. The molecule has 1 fully saturated rings. The highest BCUT2D eigenvalue weighted by Crippen LogP contribution is 2.10. The van der Waals surface area contributed by atoms with Gasteiger partial charge in [-0.15, -0.1) is 0 Å². The first-order valence-electron chi connectivity index (χ1n) is 8.43. The molecule has 2 amide bonds. The van der Waals surface area contributed by atoms with Crippen molar-refractivity contribution >= 4 is 17.8 Å². The largest absolute Gasteiger partial charge is 0.450 e. The van der Waals surface area contributed by atoms with Crippen LogP contribution in [0, 0.1) is 0 Å². The predicted octanol–water partition coefficient (Wildman–Crippen LogP) is 0.364. The van der Waals surface area contributed by atoms with Crippen molar-refractivity contribution in [2.45, 2.75) is 6.92 Å². The summed E-state index contributed by atoms with van der Waals surface area (Å²) in [6.45, 7) is 5.57. The molecule has 138 valence electrons. The number of aromatic nitrogens is 2. The van der Waals surface area contributed by atoms with Gasteiger partial charge in [0.1, 0.15) is 17.8 Å². The molecule has 9 heteroatoms. The molecule has 25 heavy (non-hydrogen) atoms. The Morgan fingerprint density at radius 1 is 1.20 bits per heavy atom. The lowest BCUT2D eigenvalue weighted by atomic mass is 10.2. The van der Waals surface area contributed by atoms with Gasteiger partial charge in [-0.05, 0) is 21.0 Å². The van der Waals surface area contributed by atoms with Crippen LogP contribution < -0.4 is 5.32 Å². The topological polar surface area (TPSA) is 90.9 Å². The highest BCUT2D eigenvalue weighted by Gasteiger charge is 2.26. The number of nitrogens with zero attached hydrogens (tertiary/aromatic N) is 5. The van der Waals surface area contributed by atoms with Gasteiger partial charge in [0.2, 0.25) is 0 Å². The Balaban J connectivity index is 1.89. The Morgan fingerprint density at radius 2 is 1.88 bits per heavy atom. The first-order valence-corrected chi connectivity index (χ1v) is 8.43. The van der Waals surface area contributed by atoms with Crippen LogP contribution in [0.5, 0.6) is 0 Å². The van der Waals surface area contributed by atoms with Crippen LogP contribution in [0.1, 0.15) is 17.4 Å². The van der Waals surface area contributed by atoms with Gasteiger partial charge < -0.3 is 24.8 Å². The van der Waals surface area contributed by atoms with E-state index in [4.69, 9.17) is 4.74 Å². The maximum Gasteiger partial charge on any atom is 0.409 e. The van der Waals surface area contributed by atoms with E-state index in [1.54, 1.807) is 22.8 Å². The number of likely N-dealkylation sites (N-methyl/N-ethyl adjacent to an activating group) is 1. The van der Waals surface area contributed by atoms with Crippen molar-refractivity contribution in [3.8, 4) is 0 Å². The van der Waals surface area contributed by atoms with E-state index in [1.165, 1.54) is 6.33 Å². The predicted molar refractivity (Wildman–Crippen MR) is 93.6 cm³/mol. The smallest absolute Gasteiger partial charge is 0.409 e. The number of hydrogen-bond acceptors (Lipinski definition) is 7. The van der Waals surface area contributed by atoms with Crippen LogP contribution >= 0.6 is 0 Å². The van der Waals surface area contributed by atoms with Crippen molar-refractivity contribution in [2.24, 2.45) is 0 Å². The van der Waals surface area contributed by atoms with Gasteiger partial charge in [-0.2, -0.15) is 0 Å². The summed E-state index contributed by atoms with van der Waals surface area (Å²) < 4.78 is 4.98. The van der Waals surface area contributed by atoms with E-state index >= 15 is 0 Å². The maximum atomic E-state index is 12.6. The minimum absolute atomic E-state index is 0.151. The van der Waals surface area contributed by atoms with Gasteiger partial charge in [-0.25, -0.2) is 14.8 Å². The summed E-state index contributed by atoms with van der Waals surface area (Å²) in [4.78, 5) is 37.9. The Hall–Kier alpha value is -2.42. The molecular formula is C16H26N6O3. The average molecular weight is 350 g/mol. The molecule has 0 aromatic carbocycles. The molecule has 0 saturated carbocycles. The first-order chi connectivity index (χ1) is 12.0. The van der Waals surface area contributed by atoms with Gasteiger partial charge in [0.05, 0.1) is 6.61 Å². The third-order valence-corrected chi connectivity index (χ3v) is 3.84. The van der Waals surface area contributed by atoms with Crippen LogP contribution in [-0.2, 0) is 4.74 Å². The van der Waals surface area contributed by atoms with Gasteiger partial charge in [-0.1, -0.05) is 0 Å². The lowest BCUT2D eigenvalue weighted by Crippen LogP contribution is -2.50. The maximum absolute atomic E-state index is 12.6. The zero-order valence-corrected chi connectivity index (χ0v) is 15.1. The average Bonchev–Trinajstić information content (AvgIpc) is 2.61. The van der Waals surface area contributed by atoms with Crippen molar-refractivity contribution in [2.75, 3.05) is 65.3 Å². The number of ether oxygens (including phenoxy) is 1. The van der Waals surface area contributed by atoms with Crippen LogP contribution in [0.4, 0.5) is 10.6 Å².